The standard InChI is InChI=1S/C11H16N4O2S/c1-3-4-5-6-15-7-8(12-11(15)18)14(2)10(17)13-9(7)16/h3-6H2,1-2H3,(H,12,18)(H,13,16,17). The van der Waals surface area contributed by atoms with E-state index in [-0.39, 0.29) is 0 Å². The lowest BCUT2D eigenvalue weighted by atomic mass is 10.2. The predicted molar refractivity (Wildman–Crippen MR) is 72.4 cm³/mol. The zero-order valence-electron chi connectivity index (χ0n) is 10.4. The lowest BCUT2D eigenvalue weighted by Gasteiger charge is -2.04. The van der Waals surface area contributed by atoms with Crippen LogP contribution in [0.2, 0.25) is 0 Å². The Bertz CT molecular complexity index is 683. The van der Waals surface area contributed by atoms with Crippen molar-refractivity contribution >= 4 is 23.8 Å². The first-order valence-electron chi connectivity index (χ1n) is 5.94. The topological polar surface area (TPSA) is 72.7 Å². The number of aryl methyl sites for hydroxylation is 2. The van der Waals surface area contributed by atoms with Crippen LogP contribution < -0.4 is 11.2 Å². The molecule has 0 aromatic carbocycles. The van der Waals surface area contributed by atoms with Crippen molar-refractivity contribution in [2.45, 2.75) is 37.9 Å². The fourth-order valence-corrected chi connectivity index (χ4v) is 2.25. The molecule has 2 aromatic rings. The number of aromatic nitrogens is 4. The number of nitrogens with one attached hydrogen (secondary N) is 1. The summed E-state index contributed by atoms with van der Waals surface area (Å²) in [5.41, 5.74) is -0.0695. The van der Waals surface area contributed by atoms with Crippen molar-refractivity contribution < 1.29 is 0 Å². The van der Waals surface area contributed by atoms with Gasteiger partial charge in [-0.15, -0.1) is 12.6 Å². The maximum Gasteiger partial charge on any atom is 0.329 e. The Morgan fingerprint density at radius 3 is 2.72 bits per heavy atom. The van der Waals surface area contributed by atoms with Crippen molar-refractivity contribution in [3.05, 3.63) is 20.8 Å². The predicted octanol–water partition coefficient (Wildman–Crippen LogP) is 0.902. The zero-order chi connectivity index (χ0) is 13.3. The minimum absolute atomic E-state index is 0.380. The van der Waals surface area contributed by atoms with E-state index < -0.39 is 11.2 Å². The normalized spacial score (nSPS) is 11.3. The van der Waals surface area contributed by atoms with Gasteiger partial charge in [0.05, 0.1) is 0 Å². The van der Waals surface area contributed by atoms with Crippen LogP contribution in [0.3, 0.4) is 0 Å². The lowest BCUT2D eigenvalue weighted by Crippen LogP contribution is -2.29. The Kier molecular flexibility index (Phi) is 3.60. The van der Waals surface area contributed by atoms with Crippen LogP contribution in [0.1, 0.15) is 26.2 Å². The maximum absolute atomic E-state index is 11.9. The molecule has 0 bridgehead atoms. The number of aromatic amines is 1. The highest BCUT2D eigenvalue weighted by Crippen LogP contribution is 2.14. The third-order valence-electron chi connectivity index (χ3n) is 2.97. The average molecular weight is 268 g/mol. The number of fused-ring (bicyclic) bond motifs is 1. The van der Waals surface area contributed by atoms with Gasteiger partial charge in [-0.3, -0.25) is 14.3 Å². The van der Waals surface area contributed by atoms with Crippen molar-refractivity contribution in [3.8, 4) is 0 Å². The third-order valence-corrected chi connectivity index (χ3v) is 3.31. The first-order valence-corrected chi connectivity index (χ1v) is 6.39. The van der Waals surface area contributed by atoms with Crippen LogP contribution in [0.25, 0.3) is 11.2 Å². The quantitative estimate of drug-likeness (QED) is 0.639. The molecule has 0 radical (unpaired) electrons. The van der Waals surface area contributed by atoms with Gasteiger partial charge in [-0.05, 0) is 6.42 Å². The Labute approximate surface area is 109 Å². The molecule has 0 aliphatic carbocycles. The molecule has 0 aliphatic heterocycles. The van der Waals surface area contributed by atoms with E-state index in [2.05, 4.69) is 29.5 Å². The van der Waals surface area contributed by atoms with Gasteiger partial charge in [0, 0.05) is 13.6 Å². The molecule has 1 N–H and O–H groups in total. The summed E-state index contributed by atoms with van der Waals surface area (Å²) in [7, 11) is 1.58. The van der Waals surface area contributed by atoms with Gasteiger partial charge in [-0.25, -0.2) is 9.78 Å². The fraction of sp³-hybridized carbons (Fsp3) is 0.545. The molecule has 0 atom stereocenters. The lowest BCUT2D eigenvalue weighted by molar-refractivity contribution is 0.578. The first-order chi connectivity index (χ1) is 8.56. The summed E-state index contributed by atoms with van der Waals surface area (Å²) in [6.07, 6.45) is 3.14. The minimum Gasteiger partial charge on any atom is -0.313 e. The number of hydrogen-bond donors (Lipinski definition) is 2. The number of H-pyrrole nitrogens is 1. The van der Waals surface area contributed by atoms with Crippen LogP contribution in [0, 0.1) is 0 Å². The second-order valence-corrected chi connectivity index (χ2v) is 4.66. The summed E-state index contributed by atoms with van der Waals surface area (Å²) in [5.74, 6) is 0. The van der Waals surface area contributed by atoms with Crippen molar-refractivity contribution in [2.75, 3.05) is 0 Å². The third kappa shape index (κ3) is 2.10. The molecule has 0 saturated heterocycles. The Balaban J connectivity index is 2.60. The monoisotopic (exact) mass is 268 g/mol. The van der Waals surface area contributed by atoms with Crippen molar-refractivity contribution in [2.24, 2.45) is 7.05 Å². The molecule has 0 amide bonds. The Morgan fingerprint density at radius 2 is 2.06 bits per heavy atom. The van der Waals surface area contributed by atoms with E-state index in [1.807, 2.05) is 0 Å². The number of hydrogen-bond acceptors (Lipinski definition) is 4. The van der Waals surface area contributed by atoms with E-state index in [0.717, 1.165) is 19.3 Å². The number of rotatable bonds is 4. The molecule has 18 heavy (non-hydrogen) atoms. The maximum atomic E-state index is 11.9. The number of nitrogens with zero attached hydrogens (tertiary/aromatic N) is 3. The van der Waals surface area contributed by atoms with E-state index in [1.54, 1.807) is 11.6 Å². The summed E-state index contributed by atoms with van der Waals surface area (Å²) < 4.78 is 3.08. The van der Waals surface area contributed by atoms with Gasteiger partial charge in [0.25, 0.3) is 5.56 Å². The summed E-state index contributed by atoms with van der Waals surface area (Å²) in [6, 6.07) is 0. The number of unbranched alkanes of at least 4 members (excludes halogenated alkanes) is 2. The van der Waals surface area contributed by atoms with Crippen LogP contribution in [-0.2, 0) is 13.6 Å². The van der Waals surface area contributed by atoms with E-state index in [9.17, 15) is 9.59 Å². The number of imidazole rings is 1. The van der Waals surface area contributed by atoms with Gasteiger partial charge in [-0.2, -0.15) is 0 Å². The van der Waals surface area contributed by atoms with Gasteiger partial charge in [0.15, 0.2) is 16.3 Å². The molecule has 7 heteroatoms. The summed E-state index contributed by atoms with van der Waals surface area (Å²) in [4.78, 5) is 29.8. The molecule has 98 valence electrons. The summed E-state index contributed by atoms with van der Waals surface area (Å²) in [5, 5.41) is 0.466. The van der Waals surface area contributed by atoms with Crippen LogP contribution in [0.4, 0.5) is 0 Å². The molecule has 2 rings (SSSR count). The van der Waals surface area contributed by atoms with E-state index in [0.29, 0.717) is 22.9 Å². The van der Waals surface area contributed by atoms with Crippen molar-refractivity contribution in [1.29, 1.82) is 0 Å². The van der Waals surface area contributed by atoms with Gasteiger partial charge < -0.3 is 4.57 Å². The molecule has 2 aromatic heterocycles. The molecular formula is C11H16N4O2S. The molecule has 0 aliphatic rings. The van der Waals surface area contributed by atoms with Gasteiger partial charge in [-0.1, -0.05) is 19.8 Å². The van der Waals surface area contributed by atoms with Crippen LogP contribution in [0.5, 0.6) is 0 Å². The molecule has 6 nitrogen and oxygen atoms in total. The highest BCUT2D eigenvalue weighted by atomic mass is 32.1. The second-order valence-electron chi connectivity index (χ2n) is 4.26. The molecule has 0 saturated carbocycles. The van der Waals surface area contributed by atoms with E-state index in [4.69, 9.17) is 0 Å². The summed E-state index contributed by atoms with van der Waals surface area (Å²) in [6.45, 7) is 2.80. The molecule has 0 unspecified atom stereocenters. The minimum atomic E-state index is -0.459. The molecule has 2 heterocycles. The highest BCUT2D eigenvalue weighted by molar-refractivity contribution is 7.80. The molecule has 0 spiro atoms. The van der Waals surface area contributed by atoms with Crippen molar-refractivity contribution in [1.82, 2.24) is 19.1 Å². The largest absolute Gasteiger partial charge is 0.329 e. The zero-order valence-corrected chi connectivity index (χ0v) is 11.3. The van der Waals surface area contributed by atoms with Gasteiger partial charge in [0.2, 0.25) is 0 Å². The van der Waals surface area contributed by atoms with Crippen LogP contribution in [0.15, 0.2) is 14.7 Å². The average Bonchev–Trinajstić information content (AvgIpc) is 2.65. The van der Waals surface area contributed by atoms with E-state index >= 15 is 0 Å². The molecule has 0 fully saturated rings. The first kappa shape index (κ1) is 12.9. The fourth-order valence-electron chi connectivity index (χ4n) is 1.95. The van der Waals surface area contributed by atoms with Crippen LogP contribution >= 0.6 is 12.6 Å². The van der Waals surface area contributed by atoms with Crippen LogP contribution in [-0.4, -0.2) is 19.1 Å². The second kappa shape index (κ2) is 5.01. The SMILES string of the molecule is CCCCCn1c(S)nc2c1c(=O)[nH]c(=O)n2C. The van der Waals surface area contributed by atoms with Crippen molar-refractivity contribution in [3.63, 3.8) is 0 Å². The highest BCUT2D eigenvalue weighted by Gasteiger charge is 2.14. The Hall–Kier alpha value is -1.50. The molecular weight excluding hydrogens is 252 g/mol. The summed E-state index contributed by atoms with van der Waals surface area (Å²) >= 11 is 4.27. The van der Waals surface area contributed by atoms with Gasteiger partial charge in [0.1, 0.15) is 0 Å². The smallest absolute Gasteiger partial charge is 0.313 e. The van der Waals surface area contributed by atoms with E-state index in [1.165, 1.54) is 4.57 Å². The number of thiol groups is 1. The van der Waals surface area contributed by atoms with Gasteiger partial charge >= 0.3 is 5.69 Å². The Morgan fingerprint density at radius 1 is 1.33 bits per heavy atom.